The number of pyridine rings is 1. The Morgan fingerprint density at radius 2 is 2.14 bits per heavy atom. The molecule has 0 fully saturated rings. The molecule has 0 aliphatic carbocycles. The van der Waals surface area contributed by atoms with Crippen LogP contribution in [0.2, 0.25) is 0 Å². The van der Waals surface area contributed by atoms with Crippen molar-refractivity contribution in [2.24, 2.45) is 0 Å². The predicted octanol–water partition coefficient (Wildman–Crippen LogP) is 1.22. The number of rotatable bonds is 6. The van der Waals surface area contributed by atoms with Crippen molar-refractivity contribution in [2.45, 2.75) is 6.42 Å². The summed E-state index contributed by atoms with van der Waals surface area (Å²) < 4.78 is 5.21. The summed E-state index contributed by atoms with van der Waals surface area (Å²) in [6.07, 6.45) is 2.27. The third-order valence-corrected chi connectivity index (χ3v) is 3.41. The first-order chi connectivity index (χ1) is 10.5. The fourth-order valence-corrected chi connectivity index (χ4v) is 2.26. The molecule has 1 amide bonds. The summed E-state index contributed by atoms with van der Waals surface area (Å²) in [4.78, 5) is 29.6. The first kappa shape index (κ1) is 16.0. The van der Waals surface area contributed by atoms with Crippen LogP contribution in [0, 0.1) is 0 Å². The highest BCUT2D eigenvalue weighted by Gasteiger charge is 2.14. The van der Waals surface area contributed by atoms with Crippen LogP contribution in [0.5, 0.6) is 5.75 Å². The van der Waals surface area contributed by atoms with Crippen LogP contribution in [0.1, 0.15) is 16.8 Å². The first-order valence-electron chi connectivity index (χ1n) is 7.16. The highest BCUT2D eigenvalue weighted by Crippen LogP contribution is 2.20. The lowest BCUT2D eigenvalue weighted by Crippen LogP contribution is -2.31. The van der Waals surface area contributed by atoms with Crippen molar-refractivity contribution < 1.29 is 9.53 Å². The molecule has 0 bridgehead atoms. The standard InChI is InChI=1S/C16H21N3O3/c1-19(2)9-5-8-17-16(21)12-10-18-14-11(15(12)20)6-4-7-13(14)22-3/h4,6-7,10H,5,8-9H2,1-3H3,(H,17,21)(H,18,20). The molecule has 0 aliphatic rings. The van der Waals surface area contributed by atoms with Gasteiger partial charge >= 0.3 is 0 Å². The largest absolute Gasteiger partial charge is 0.495 e. The number of aromatic nitrogens is 1. The molecule has 2 N–H and O–H groups in total. The summed E-state index contributed by atoms with van der Waals surface area (Å²) in [5, 5.41) is 3.22. The van der Waals surface area contributed by atoms with Crippen molar-refractivity contribution in [3.63, 3.8) is 0 Å². The van der Waals surface area contributed by atoms with Crippen molar-refractivity contribution in [3.05, 3.63) is 40.2 Å². The number of benzene rings is 1. The zero-order valence-electron chi connectivity index (χ0n) is 13.1. The molecule has 6 nitrogen and oxygen atoms in total. The molecule has 0 spiro atoms. The zero-order chi connectivity index (χ0) is 16.1. The van der Waals surface area contributed by atoms with Crippen molar-refractivity contribution in [2.75, 3.05) is 34.3 Å². The van der Waals surface area contributed by atoms with Crippen LogP contribution in [0.15, 0.2) is 29.2 Å². The SMILES string of the molecule is COc1cccc2c(=O)c(C(=O)NCCCN(C)C)c[nH]c12. The lowest BCUT2D eigenvalue weighted by molar-refractivity contribution is 0.0951. The van der Waals surface area contributed by atoms with Crippen molar-refractivity contribution in [1.82, 2.24) is 15.2 Å². The van der Waals surface area contributed by atoms with E-state index in [-0.39, 0.29) is 16.9 Å². The number of nitrogens with one attached hydrogen (secondary N) is 2. The smallest absolute Gasteiger partial charge is 0.256 e. The summed E-state index contributed by atoms with van der Waals surface area (Å²) in [5.74, 6) is 0.220. The van der Waals surface area contributed by atoms with E-state index in [4.69, 9.17) is 4.74 Å². The average molecular weight is 303 g/mol. The molecule has 0 aliphatic heterocycles. The monoisotopic (exact) mass is 303 g/mol. The van der Waals surface area contributed by atoms with Crippen LogP contribution in [-0.4, -0.2) is 50.1 Å². The number of H-pyrrole nitrogens is 1. The molecule has 0 saturated heterocycles. The van der Waals surface area contributed by atoms with Gasteiger partial charge in [0, 0.05) is 12.7 Å². The van der Waals surface area contributed by atoms with Gasteiger partial charge in [-0.05, 0) is 39.2 Å². The molecular weight excluding hydrogens is 282 g/mol. The molecule has 0 atom stereocenters. The molecule has 2 aromatic rings. The zero-order valence-corrected chi connectivity index (χ0v) is 13.1. The number of ether oxygens (including phenoxy) is 1. The maximum absolute atomic E-state index is 12.4. The van der Waals surface area contributed by atoms with Gasteiger partial charge in [-0.1, -0.05) is 6.07 Å². The lowest BCUT2D eigenvalue weighted by Gasteiger charge is -2.10. The van der Waals surface area contributed by atoms with Gasteiger partial charge in [-0.2, -0.15) is 0 Å². The fourth-order valence-electron chi connectivity index (χ4n) is 2.26. The third kappa shape index (κ3) is 3.46. The van der Waals surface area contributed by atoms with Gasteiger partial charge in [0.05, 0.1) is 18.0 Å². The Bertz CT molecular complexity index is 722. The van der Waals surface area contributed by atoms with E-state index >= 15 is 0 Å². The van der Waals surface area contributed by atoms with Crippen molar-refractivity contribution in [3.8, 4) is 5.75 Å². The number of carbonyl (C=O) groups excluding carboxylic acids is 1. The Kier molecular flexibility index (Phi) is 5.16. The minimum absolute atomic E-state index is 0.116. The van der Waals surface area contributed by atoms with E-state index in [1.165, 1.54) is 6.20 Å². The van der Waals surface area contributed by atoms with E-state index in [0.717, 1.165) is 13.0 Å². The Hall–Kier alpha value is -2.34. The Labute approximate surface area is 129 Å². The summed E-state index contributed by atoms with van der Waals surface area (Å²) in [7, 11) is 5.49. The summed E-state index contributed by atoms with van der Waals surface area (Å²) in [6.45, 7) is 1.41. The molecule has 0 unspecified atom stereocenters. The number of fused-ring (bicyclic) bond motifs is 1. The first-order valence-corrected chi connectivity index (χ1v) is 7.16. The number of amides is 1. The Morgan fingerprint density at radius 1 is 1.36 bits per heavy atom. The molecule has 1 heterocycles. The van der Waals surface area contributed by atoms with E-state index in [2.05, 4.69) is 10.3 Å². The maximum atomic E-state index is 12.4. The third-order valence-electron chi connectivity index (χ3n) is 3.41. The Morgan fingerprint density at radius 3 is 2.82 bits per heavy atom. The minimum atomic E-state index is -0.357. The predicted molar refractivity (Wildman–Crippen MR) is 86.6 cm³/mol. The summed E-state index contributed by atoms with van der Waals surface area (Å²) >= 11 is 0. The quantitative estimate of drug-likeness (QED) is 0.787. The molecule has 6 heteroatoms. The van der Waals surface area contributed by atoms with Crippen molar-refractivity contribution in [1.29, 1.82) is 0 Å². The fraction of sp³-hybridized carbons (Fsp3) is 0.375. The number of nitrogens with zero attached hydrogens (tertiary/aromatic N) is 1. The second-order valence-electron chi connectivity index (χ2n) is 5.33. The van der Waals surface area contributed by atoms with Gasteiger partial charge in [0.25, 0.3) is 5.91 Å². The van der Waals surface area contributed by atoms with Crippen LogP contribution in [0.25, 0.3) is 10.9 Å². The molecule has 1 aromatic carbocycles. The van der Waals surface area contributed by atoms with Crippen LogP contribution in [-0.2, 0) is 0 Å². The van der Waals surface area contributed by atoms with Gasteiger partial charge in [0.2, 0.25) is 5.43 Å². The van der Waals surface area contributed by atoms with Crippen LogP contribution in [0.4, 0.5) is 0 Å². The number of hydrogen-bond donors (Lipinski definition) is 2. The highest BCUT2D eigenvalue weighted by molar-refractivity contribution is 5.97. The number of methoxy groups -OCH3 is 1. The van der Waals surface area contributed by atoms with Gasteiger partial charge in [-0.25, -0.2) is 0 Å². The van der Waals surface area contributed by atoms with Gasteiger partial charge < -0.3 is 19.9 Å². The average Bonchev–Trinajstić information content (AvgIpc) is 2.51. The van der Waals surface area contributed by atoms with E-state index in [1.807, 2.05) is 19.0 Å². The number of carbonyl (C=O) groups is 1. The molecule has 0 saturated carbocycles. The lowest BCUT2D eigenvalue weighted by atomic mass is 10.1. The maximum Gasteiger partial charge on any atom is 0.256 e. The molecular formula is C16H21N3O3. The van der Waals surface area contributed by atoms with Crippen LogP contribution < -0.4 is 15.5 Å². The van der Waals surface area contributed by atoms with E-state index in [0.29, 0.717) is 23.2 Å². The molecule has 118 valence electrons. The molecule has 1 aromatic heterocycles. The van der Waals surface area contributed by atoms with Crippen LogP contribution in [0.3, 0.4) is 0 Å². The number of aromatic amines is 1. The number of para-hydroxylation sites is 1. The number of hydrogen-bond acceptors (Lipinski definition) is 4. The second-order valence-corrected chi connectivity index (χ2v) is 5.33. The summed E-state index contributed by atoms with van der Waals surface area (Å²) in [6, 6.07) is 5.17. The van der Waals surface area contributed by atoms with Crippen LogP contribution >= 0.6 is 0 Å². The van der Waals surface area contributed by atoms with Crippen molar-refractivity contribution >= 4 is 16.8 Å². The van der Waals surface area contributed by atoms with E-state index < -0.39 is 0 Å². The molecule has 22 heavy (non-hydrogen) atoms. The highest BCUT2D eigenvalue weighted by atomic mass is 16.5. The van der Waals surface area contributed by atoms with Gasteiger partial charge in [-0.15, -0.1) is 0 Å². The normalized spacial score (nSPS) is 10.9. The van der Waals surface area contributed by atoms with E-state index in [9.17, 15) is 9.59 Å². The summed E-state index contributed by atoms with van der Waals surface area (Å²) in [5.41, 5.74) is 0.419. The van der Waals surface area contributed by atoms with E-state index in [1.54, 1.807) is 25.3 Å². The topological polar surface area (TPSA) is 74.4 Å². The molecule has 0 radical (unpaired) electrons. The van der Waals surface area contributed by atoms with Gasteiger partial charge in [0.15, 0.2) is 0 Å². The molecule has 2 rings (SSSR count). The minimum Gasteiger partial charge on any atom is -0.495 e. The Balaban J connectivity index is 2.20. The van der Waals surface area contributed by atoms with Gasteiger partial charge in [-0.3, -0.25) is 9.59 Å². The van der Waals surface area contributed by atoms with Gasteiger partial charge in [0.1, 0.15) is 11.3 Å². The second kappa shape index (κ2) is 7.09.